The van der Waals surface area contributed by atoms with Crippen molar-refractivity contribution < 1.29 is 14.4 Å². The van der Waals surface area contributed by atoms with E-state index in [2.05, 4.69) is 20.5 Å². The van der Waals surface area contributed by atoms with E-state index in [1.54, 1.807) is 47.6 Å². The fourth-order valence-corrected chi connectivity index (χ4v) is 3.28. The molecule has 0 amide bonds. The summed E-state index contributed by atoms with van der Waals surface area (Å²) in [4.78, 5) is 46.6. The van der Waals surface area contributed by atoms with Crippen molar-refractivity contribution in [3.63, 3.8) is 0 Å². The van der Waals surface area contributed by atoms with Gasteiger partial charge in [0.15, 0.2) is 5.50 Å². The summed E-state index contributed by atoms with van der Waals surface area (Å²) in [6.07, 6.45) is 8.31. The van der Waals surface area contributed by atoms with E-state index in [1.807, 2.05) is 0 Å². The van der Waals surface area contributed by atoms with Gasteiger partial charge in [-0.15, -0.1) is 5.53 Å². The molecule has 1 N–H and O–H groups in total. The van der Waals surface area contributed by atoms with Crippen LogP contribution in [0.1, 0.15) is 36.8 Å². The number of hydrazine groups is 2. The minimum Gasteiger partial charge on any atom is -0.298 e. The predicted octanol–water partition coefficient (Wildman–Crippen LogP) is 2.66. The Balaban J connectivity index is 1.83. The third-order valence-corrected chi connectivity index (χ3v) is 4.92. The molecule has 0 aliphatic carbocycles. The van der Waals surface area contributed by atoms with E-state index < -0.39 is 5.50 Å². The second-order valence-corrected chi connectivity index (χ2v) is 6.90. The molecule has 31 heavy (non-hydrogen) atoms. The van der Waals surface area contributed by atoms with E-state index in [4.69, 9.17) is 11.6 Å². The zero-order chi connectivity index (χ0) is 21.8. The minimum absolute atomic E-state index is 0.373. The number of anilines is 2. The smallest absolute Gasteiger partial charge is 0.151 e. The second kappa shape index (κ2) is 8.82. The standard InChI is InChI=1S/C21H15ClN6O3/c22-21-17(18-7-14(11-29)1-4-23-18)10-27(19-8-15(12-30)2-5-24-19)26-28(21)20-9-16(13-31)3-6-25-20/h1-13,21,26H. The van der Waals surface area contributed by atoms with E-state index in [9.17, 15) is 14.4 Å². The summed E-state index contributed by atoms with van der Waals surface area (Å²) in [7, 11) is 0. The lowest BCUT2D eigenvalue weighted by Crippen LogP contribution is -2.56. The zero-order valence-corrected chi connectivity index (χ0v) is 16.7. The highest BCUT2D eigenvalue weighted by Gasteiger charge is 2.31. The minimum atomic E-state index is -0.797. The van der Waals surface area contributed by atoms with Crippen LogP contribution in [0.3, 0.4) is 0 Å². The molecule has 0 saturated carbocycles. The van der Waals surface area contributed by atoms with Crippen LogP contribution in [0, 0.1) is 0 Å². The Hall–Kier alpha value is -3.95. The average Bonchev–Trinajstić information content (AvgIpc) is 2.84. The number of nitrogens with zero attached hydrogens (tertiary/aromatic N) is 5. The highest BCUT2D eigenvalue weighted by Crippen LogP contribution is 2.31. The van der Waals surface area contributed by atoms with Gasteiger partial charge in [0.05, 0.1) is 5.69 Å². The molecule has 0 radical (unpaired) electrons. The summed E-state index contributed by atoms with van der Waals surface area (Å²) in [6, 6.07) is 9.51. The Morgan fingerprint density at radius 2 is 1.35 bits per heavy atom. The maximum absolute atomic E-state index is 11.2. The first-order valence-electron chi connectivity index (χ1n) is 9.07. The fraction of sp³-hybridized carbons (Fsp3) is 0.0476. The van der Waals surface area contributed by atoms with Crippen molar-refractivity contribution in [2.45, 2.75) is 5.50 Å². The van der Waals surface area contributed by atoms with Crippen LogP contribution in [0.15, 0.2) is 61.2 Å². The zero-order valence-electron chi connectivity index (χ0n) is 15.9. The molecule has 0 saturated heterocycles. The molecule has 1 atom stereocenters. The van der Waals surface area contributed by atoms with E-state index in [0.29, 0.717) is 52.2 Å². The van der Waals surface area contributed by atoms with E-state index in [0.717, 1.165) is 6.29 Å². The summed E-state index contributed by atoms with van der Waals surface area (Å²) in [5.41, 5.74) is 4.58. The van der Waals surface area contributed by atoms with Crippen LogP contribution in [-0.4, -0.2) is 39.3 Å². The number of carbonyl (C=O) groups excluding carboxylic acids is 3. The van der Waals surface area contributed by atoms with E-state index in [1.165, 1.54) is 23.6 Å². The SMILES string of the molecule is O=Cc1ccnc(C2=CN(c3cc(C=O)ccn3)NN(c3cc(C=O)ccn3)C2Cl)c1. The van der Waals surface area contributed by atoms with Gasteiger partial charge in [-0.1, -0.05) is 11.6 Å². The van der Waals surface area contributed by atoms with E-state index in [-0.39, 0.29) is 0 Å². The van der Waals surface area contributed by atoms with Crippen molar-refractivity contribution in [2.24, 2.45) is 0 Å². The molecule has 3 aromatic rings. The topological polar surface area (TPSA) is 108 Å². The van der Waals surface area contributed by atoms with Crippen molar-refractivity contribution in [1.82, 2.24) is 20.5 Å². The van der Waals surface area contributed by atoms with Crippen LogP contribution in [-0.2, 0) is 0 Å². The van der Waals surface area contributed by atoms with Crippen LogP contribution in [0.5, 0.6) is 0 Å². The Morgan fingerprint density at radius 3 is 2.00 bits per heavy atom. The van der Waals surface area contributed by atoms with Crippen LogP contribution < -0.4 is 15.6 Å². The molecule has 154 valence electrons. The molecule has 1 aliphatic heterocycles. The normalized spacial score (nSPS) is 15.9. The second-order valence-electron chi connectivity index (χ2n) is 6.48. The number of nitrogens with one attached hydrogen (secondary N) is 1. The first-order chi connectivity index (χ1) is 15.1. The molecule has 0 bridgehead atoms. The number of aldehydes is 3. The molecule has 0 aromatic carbocycles. The first kappa shape index (κ1) is 20.3. The monoisotopic (exact) mass is 434 g/mol. The molecule has 1 aliphatic rings. The number of hydrogen-bond acceptors (Lipinski definition) is 9. The average molecular weight is 435 g/mol. The molecule has 0 fully saturated rings. The number of rotatable bonds is 6. The van der Waals surface area contributed by atoms with Crippen LogP contribution in [0.4, 0.5) is 11.6 Å². The van der Waals surface area contributed by atoms with Gasteiger partial charge >= 0.3 is 0 Å². The van der Waals surface area contributed by atoms with Gasteiger partial charge in [0.1, 0.15) is 30.5 Å². The largest absolute Gasteiger partial charge is 0.298 e. The number of aromatic nitrogens is 3. The maximum Gasteiger partial charge on any atom is 0.151 e. The first-order valence-corrected chi connectivity index (χ1v) is 9.51. The molecule has 4 rings (SSSR count). The van der Waals surface area contributed by atoms with Crippen molar-refractivity contribution in [1.29, 1.82) is 0 Å². The fourth-order valence-electron chi connectivity index (χ4n) is 2.96. The molecule has 0 spiro atoms. The molecule has 1 unspecified atom stereocenters. The van der Waals surface area contributed by atoms with Gasteiger partial charge in [0, 0.05) is 47.1 Å². The van der Waals surface area contributed by atoms with Crippen molar-refractivity contribution in [2.75, 3.05) is 10.0 Å². The summed E-state index contributed by atoms with van der Waals surface area (Å²) in [6.45, 7) is 0. The Bertz CT molecular complexity index is 1190. The highest BCUT2D eigenvalue weighted by molar-refractivity contribution is 6.27. The third kappa shape index (κ3) is 4.18. The van der Waals surface area contributed by atoms with E-state index >= 15 is 0 Å². The molecule has 10 heteroatoms. The molecule has 3 aromatic heterocycles. The lowest BCUT2D eigenvalue weighted by atomic mass is 10.1. The Kier molecular flexibility index (Phi) is 5.78. The quantitative estimate of drug-likeness (QED) is 0.355. The maximum atomic E-state index is 11.2. The molecule has 9 nitrogen and oxygen atoms in total. The summed E-state index contributed by atoms with van der Waals surface area (Å²) in [5.74, 6) is 0.784. The number of halogens is 1. The van der Waals surface area contributed by atoms with Gasteiger partial charge in [0.2, 0.25) is 0 Å². The Labute approximate surface area is 181 Å². The van der Waals surface area contributed by atoms with Gasteiger partial charge < -0.3 is 0 Å². The third-order valence-electron chi connectivity index (χ3n) is 4.49. The molecular formula is C21H15ClN6O3. The highest BCUT2D eigenvalue weighted by atomic mass is 35.5. The van der Waals surface area contributed by atoms with Gasteiger partial charge in [-0.25, -0.2) is 15.0 Å². The summed E-state index contributed by atoms with van der Waals surface area (Å²) >= 11 is 6.76. The van der Waals surface area contributed by atoms with Gasteiger partial charge in [-0.3, -0.25) is 24.4 Å². The number of alkyl halides is 1. The van der Waals surface area contributed by atoms with Crippen molar-refractivity contribution >= 4 is 47.7 Å². The lowest BCUT2D eigenvalue weighted by molar-refractivity contribution is 0.111. The van der Waals surface area contributed by atoms with Crippen molar-refractivity contribution in [3.05, 3.63) is 83.6 Å². The van der Waals surface area contributed by atoms with Gasteiger partial charge in [-0.2, -0.15) is 0 Å². The summed E-state index contributed by atoms with van der Waals surface area (Å²) < 4.78 is 0. The number of carbonyl (C=O) groups is 3. The predicted molar refractivity (Wildman–Crippen MR) is 115 cm³/mol. The lowest BCUT2D eigenvalue weighted by Gasteiger charge is -2.39. The van der Waals surface area contributed by atoms with Crippen molar-refractivity contribution in [3.8, 4) is 0 Å². The van der Waals surface area contributed by atoms with Crippen LogP contribution >= 0.6 is 11.6 Å². The van der Waals surface area contributed by atoms with Crippen LogP contribution in [0.25, 0.3) is 5.57 Å². The Morgan fingerprint density at radius 1 is 0.806 bits per heavy atom. The van der Waals surface area contributed by atoms with Crippen LogP contribution in [0.2, 0.25) is 0 Å². The van der Waals surface area contributed by atoms with Gasteiger partial charge in [-0.05, 0) is 36.4 Å². The number of pyridine rings is 3. The summed E-state index contributed by atoms with van der Waals surface area (Å²) in [5, 5.41) is 3.07. The molecule has 4 heterocycles. The van der Waals surface area contributed by atoms with Gasteiger partial charge in [0.25, 0.3) is 0 Å². The number of hydrogen-bond donors (Lipinski definition) is 1. The molecular weight excluding hydrogens is 420 g/mol.